The van der Waals surface area contributed by atoms with Crippen LogP contribution in [0, 0.1) is 0 Å². The summed E-state index contributed by atoms with van der Waals surface area (Å²) in [6, 6.07) is 15.6. The third-order valence-corrected chi connectivity index (χ3v) is 3.29. The molecule has 1 amide bonds. The second kappa shape index (κ2) is 8.80. The number of carbonyl (C=O) groups excluding carboxylic acids is 1. The summed E-state index contributed by atoms with van der Waals surface area (Å²) in [5, 5.41) is 5.64. The monoisotopic (exact) mass is 314 g/mol. The van der Waals surface area contributed by atoms with Crippen LogP contribution < -0.4 is 20.1 Å². The predicted octanol–water partition coefficient (Wildman–Crippen LogP) is 2.11. The van der Waals surface area contributed by atoms with Crippen molar-refractivity contribution in [3.63, 3.8) is 0 Å². The van der Waals surface area contributed by atoms with Crippen molar-refractivity contribution >= 4 is 5.91 Å². The van der Waals surface area contributed by atoms with Gasteiger partial charge in [0.15, 0.2) is 11.5 Å². The molecule has 2 aromatic carbocycles. The summed E-state index contributed by atoms with van der Waals surface area (Å²) in [4.78, 5) is 11.5. The average molecular weight is 314 g/mol. The highest BCUT2D eigenvalue weighted by Gasteiger charge is 2.07. The number of methoxy groups -OCH3 is 1. The summed E-state index contributed by atoms with van der Waals surface area (Å²) in [7, 11) is 3.34. The van der Waals surface area contributed by atoms with Gasteiger partial charge in [0.25, 0.3) is 0 Å². The van der Waals surface area contributed by atoms with E-state index in [1.54, 1.807) is 14.2 Å². The lowest BCUT2D eigenvalue weighted by Gasteiger charge is -2.13. The Kier molecular flexibility index (Phi) is 6.44. The van der Waals surface area contributed by atoms with Crippen molar-refractivity contribution in [3.05, 3.63) is 59.7 Å². The zero-order chi connectivity index (χ0) is 16.5. The van der Waals surface area contributed by atoms with Gasteiger partial charge in [-0.25, -0.2) is 0 Å². The summed E-state index contributed by atoms with van der Waals surface area (Å²) in [5.41, 5.74) is 2.05. The van der Waals surface area contributed by atoms with E-state index in [9.17, 15) is 4.79 Å². The topological polar surface area (TPSA) is 59.6 Å². The molecule has 5 nitrogen and oxygen atoms in total. The van der Waals surface area contributed by atoms with Gasteiger partial charge in [-0.15, -0.1) is 0 Å². The molecule has 0 aliphatic rings. The highest BCUT2D eigenvalue weighted by Crippen LogP contribution is 2.28. The van der Waals surface area contributed by atoms with E-state index in [1.165, 1.54) is 0 Å². The normalized spacial score (nSPS) is 10.2. The van der Waals surface area contributed by atoms with Gasteiger partial charge < -0.3 is 20.1 Å². The van der Waals surface area contributed by atoms with Crippen molar-refractivity contribution in [1.82, 2.24) is 10.6 Å². The third-order valence-electron chi connectivity index (χ3n) is 3.29. The first-order valence-electron chi connectivity index (χ1n) is 7.48. The Morgan fingerprint density at radius 2 is 1.83 bits per heavy atom. The molecule has 0 aromatic heterocycles. The minimum Gasteiger partial charge on any atom is -0.493 e. The molecule has 2 N–H and O–H groups in total. The van der Waals surface area contributed by atoms with Crippen LogP contribution in [0.2, 0.25) is 0 Å². The van der Waals surface area contributed by atoms with Gasteiger partial charge in [-0.1, -0.05) is 36.4 Å². The standard InChI is InChI=1S/C18H22N2O3/c1-19-12-18(21)20-11-15-8-9-16(17(10-15)22-2)23-13-14-6-4-3-5-7-14/h3-10,19H,11-13H2,1-2H3,(H,20,21). The van der Waals surface area contributed by atoms with Gasteiger partial charge in [0.1, 0.15) is 6.61 Å². The Morgan fingerprint density at radius 1 is 1.04 bits per heavy atom. The van der Waals surface area contributed by atoms with Gasteiger partial charge in [0.05, 0.1) is 13.7 Å². The minimum atomic E-state index is -0.0455. The number of ether oxygens (including phenoxy) is 2. The predicted molar refractivity (Wildman–Crippen MR) is 89.5 cm³/mol. The summed E-state index contributed by atoms with van der Waals surface area (Å²) < 4.78 is 11.2. The Morgan fingerprint density at radius 3 is 2.52 bits per heavy atom. The number of likely N-dealkylation sites (N-methyl/N-ethyl adjacent to an activating group) is 1. The molecule has 5 heteroatoms. The Labute approximate surface area is 136 Å². The first kappa shape index (κ1) is 16.8. The van der Waals surface area contributed by atoms with Gasteiger partial charge >= 0.3 is 0 Å². The first-order chi connectivity index (χ1) is 11.2. The first-order valence-corrected chi connectivity index (χ1v) is 7.48. The number of hydrogen-bond donors (Lipinski definition) is 2. The van der Waals surface area contributed by atoms with Crippen LogP contribution in [-0.4, -0.2) is 26.6 Å². The number of rotatable bonds is 8. The van der Waals surface area contributed by atoms with Crippen LogP contribution in [0.15, 0.2) is 48.5 Å². The lowest BCUT2D eigenvalue weighted by molar-refractivity contribution is -0.120. The number of carbonyl (C=O) groups is 1. The molecule has 0 aliphatic carbocycles. The van der Waals surface area contributed by atoms with E-state index in [0.29, 0.717) is 31.2 Å². The van der Waals surface area contributed by atoms with Crippen LogP contribution in [0.5, 0.6) is 11.5 Å². The fourth-order valence-electron chi connectivity index (χ4n) is 2.10. The van der Waals surface area contributed by atoms with Crippen LogP contribution in [-0.2, 0) is 17.9 Å². The fraction of sp³-hybridized carbons (Fsp3) is 0.278. The number of hydrogen-bond acceptors (Lipinski definition) is 4. The Balaban J connectivity index is 1.97. The smallest absolute Gasteiger partial charge is 0.234 e. The molecule has 2 rings (SSSR count). The Hall–Kier alpha value is -2.53. The molecule has 0 saturated carbocycles. The second-order valence-electron chi connectivity index (χ2n) is 5.07. The van der Waals surface area contributed by atoms with Gasteiger partial charge in [0, 0.05) is 6.54 Å². The van der Waals surface area contributed by atoms with Crippen molar-refractivity contribution in [3.8, 4) is 11.5 Å². The van der Waals surface area contributed by atoms with Crippen molar-refractivity contribution < 1.29 is 14.3 Å². The van der Waals surface area contributed by atoms with E-state index in [0.717, 1.165) is 11.1 Å². The molecule has 0 spiro atoms. The number of benzene rings is 2. The number of nitrogens with one attached hydrogen (secondary N) is 2. The maximum absolute atomic E-state index is 11.5. The molecule has 0 radical (unpaired) electrons. The maximum Gasteiger partial charge on any atom is 0.234 e. The maximum atomic E-state index is 11.5. The highest BCUT2D eigenvalue weighted by molar-refractivity contribution is 5.77. The largest absolute Gasteiger partial charge is 0.493 e. The van der Waals surface area contributed by atoms with Crippen molar-refractivity contribution in [2.24, 2.45) is 0 Å². The van der Waals surface area contributed by atoms with Gasteiger partial charge in [-0.05, 0) is 30.3 Å². The van der Waals surface area contributed by atoms with Crippen LogP contribution in [0.1, 0.15) is 11.1 Å². The molecular formula is C18H22N2O3. The molecule has 2 aromatic rings. The fourth-order valence-corrected chi connectivity index (χ4v) is 2.10. The third kappa shape index (κ3) is 5.30. The molecule has 0 bridgehead atoms. The van der Waals surface area contributed by atoms with E-state index in [1.807, 2.05) is 48.5 Å². The van der Waals surface area contributed by atoms with E-state index in [-0.39, 0.29) is 5.91 Å². The lowest BCUT2D eigenvalue weighted by Crippen LogP contribution is -2.31. The van der Waals surface area contributed by atoms with Crippen LogP contribution >= 0.6 is 0 Å². The lowest BCUT2D eigenvalue weighted by atomic mass is 10.2. The van der Waals surface area contributed by atoms with E-state index >= 15 is 0 Å². The van der Waals surface area contributed by atoms with Gasteiger partial charge in [-0.2, -0.15) is 0 Å². The average Bonchev–Trinajstić information content (AvgIpc) is 2.59. The van der Waals surface area contributed by atoms with Crippen LogP contribution in [0.4, 0.5) is 0 Å². The second-order valence-corrected chi connectivity index (χ2v) is 5.07. The summed E-state index contributed by atoms with van der Waals surface area (Å²) in [6.07, 6.45) is 0. The molecule has 0 saturated heterocycles. The van der Waals surface area contributed by atoms with Crippen LogP contribution in [0.25, 0.3) is 0 Å². The summed E-state index contributed by atoms with van der Waals surface area (Å²) in [6.45, 7) is 1.24. The van der Waals surface area contributed by atoms with Crippen molar-refractivity contribution in [1.29, 1.82) is 0 Å². The van der Waals surface area contributed by atoms with Crippen molar-refractivity contribution in [2.45, 2.75) is 13.2 Å². The molecule has 0 heterocycles. The molecule has 0 atom stereocenters. The van der Waals surface area contributed by atoms with Gasteiger partial charge in [-0.3, -0.25) is 4.79 Å². The molecule has 0 aliphatic heterocycles. The van der Waals surface area contributed by atoms with E-state index in [4.69, 9.17) is 9.47 Å². The summed E-state index contributed by atoms with van der Waals surface area (Å²) in [5.74, 6) is 1.29. The van der Waals surface area contributed by atoms with Crippen molar-refractivity contribution in [2.75, 3.05) is 20.7 Å². The van der Waals surface area contributed by atoms with E-state index < -0.39 is 0 Å². The zero-order valence-corrected chi connectivity index (χ0v) is 13.5. The molecule has 23 heavy (non-hydrogen) atoms. The molecular weight excluding hydrogens is 292 g/mol. The SMILES string of the molecule is CNCC(=O)NCc1ccc(OCc2ccccc2)c(OC)c1. The Bertz CT molecular complexity index is 629. The quantitative estimate of drug-likeness (QED) is 0.783. The molecule has 0 fully saturated rings. The van der Waals surface area contributed by atoms with Gasteiger partial charge in [0.2, 0.25) is 5.91 Å². The minimum absolute atomic E-state index is 0.0455. The number of amides is 1. The molecule has 122 valence electrons. The molecule has 0 unspecified atom stereocenters. The van der Waals surface area contributed by atoms with E-state index in [2.05, 4.69) is 10.6 Å². The highest BCUT2D eigenvalue weighted by atomic mass is 16.5. The zero-order valence-electron chi connectivity index (χ0n) is 13.5. The van der Waals surface area contributed by atoms with Crippen LogP contribution in [0.3, 0.4) is 0 Å². The summed E-state index contributed by atoms with van der Waals surface area (Å²) >= 11 is 0.